The van der Waals surface area contributed by atoms with Gasteiger partial charge in [-0.15, -0.1) is 0 Å². The Hall–Kier alpha value is -1.39. The lowest BCUT2D eigenvalue weighted by Crippen LogP contribution is -2.50. The molecule has 1 amide bonds. The molecule has 1 fully saturated rings. The number of isocyanates is 1. The van der Waals surface area contributed by atoms with E-state index in [-0.39, 0.29) is 11.6 Å². The Labute approximate surface area is 127 Å². The number of nitrogens with zero attached hydrogens (tertiary/aromatic N) is 3. The molecule has 1 aliphatic heterocycles. The van der Waals surface area contributed by atoms with Crippen molar-refractivity contribution in [3.05, 3.63) is 0 Å². The minimum atomic E-state index is -0.453. The van der Waals surface area contributed by atoms with E-state index in [1.54, 1.807) is 11.0 Å². The molecule has 0 aromatic rings. The number of hydrogen-bond donors (Lipinski definition) is 0. The van der Waals surface area contributed by atoms with Gasteiger partial charge in [0.2, 0.25) is 6.08 Å². The van der Waals surface area contributed by atoms with E-state index in [2.05, 4.69) is 9.89 Å². The number of hydrogen-bond acceptors (Lipinski definition) is 5. The maximum absolute atomic E-state index is 11.9. The zero-order valence-corrected chi connectivity index (χ0v) is 13.8. The van der Waals surface area contributed by atoms with Crippen molar-refractivity contribution < 1.29 is 14.3 Å². The summed E-state index contributed by atoms with van der Waals surface area (Å²) < 4.78 is 5.37. The van der Waals surface area contributed by atoms with Gasteiger partial charge in [-0.1, -0.05) is 0 Å². The molecule has 21 heavy (non-hydrogen) atoms. The molecule has 1 aliphatic rings. The predicted molar refractivity (Wildman–Crippen MR) is 81.1 cm³/mol. The minimum Gasteiger partial charge on any atom is -0.444 e. The largest absolute Gasteiger partial charge is 0.444 e. The molecule has 1 saturated heterocycles. The minimum absolute atomic E-state index is 0.243. The summed E-state index contributed by atoms with van der Waals surface area (Å²) in [5.41, 5.74) is -0.824. The first-order valence-corrected chi connectivity index (χ1v) is 7.42. The van der Waals surface area contributed by atoms with E-state index in [1.165, 1.54) is 0 Å². The fraction of sp³-hybridized carbons (Fsp3) is 0.867. The first-order valence-electron chi connectivity index (χ1n) is 7.42. The molecule has 0 spiro atoms. The third-order valence-corrected chi connectivity index (χ3v) is 3.41. The number of piperazine rings is 1. The van der Waals surface area contributed by atoms with Crippen LogP contribution in [0.1, 0.15) is 41.0 Å². The second-order valence-corrected chi connectivity index (χ2v) is 7.07. The predicted octanol–water partition coefficient (Wildman–Crippen LogP) is 2.04. The van der Waals surface area contributed by atoms with Crippen LogP contribution in [0.5, 0.6) is 0 Å². The van der Waals surface area contributed by atoms with Crippen LogP contribution in [0.4, 0.5) is 4.79 Å². The molecule has 0 aromatic heterocycles. The van der Waals surface area contributed by atoms with Crippen molar-refractivity contribution in [1.29, 1.82) is 0 Å². The highest BCUT2D eigenvalue weighted by Crippen LogP contribution is 2.16. The van der Waals surface area contributed by atoms with E-state index in [0.29, 0.717) is 13.1 Å². The Morgan fingerprint density at radius 3 is 2.19 bits per heavy atom. The van der Waals surface area contributed by atoms with Crippen molar-refractivity contribution in [2.75, 3.05) is 32.7 Å². The zero-order valence-electron chi connectivity index (χ0n) is 13.8. The number of rotatable bonds is 4. The highest BCUT2D eigenvalue weighted by Gasteiger charge is 2.26. The lowest BCUT2D eigenvalue weighted by Gasteiger charge is -2.36. The molecule has 0 unspecified atom stereocenters. The summed E-state index contributed by atoms with van der Waals surface area (Å²) in [6.07, 6.45) is 2.18. The van der Waals surface area contributed by atoms with Crippen LogP contribution in [0.15, 0.2) is 4.99 Å². The van der Waals surface area contributed by atoms with E-state index in [4.69, 9.17) is 4.74 Å². The topological polar surface area (TPSA) is 62.2 Å². The Morgan fingerprint density at radius 2 is 1.71 bits per heavy atom. The fourth-order valence-electron chi connectivity index (χ4n) is 2.09. The van der Waals surface area contributed by atoms with Gasteiger partial charge in [0.25, 0.3) is 0 Å². The summed E-state index contributed by atoms with van der Waals surface area (Å²) >= 11 is 0. The van der Waals surface area contributed by atoms with Crippen LogP contribution in [0.2, 0.25) is 0 Å². The van der Waals surface area contributed by atoms with Crippen LogP contribution >= 0.6 is 0 Å². The quantitative estimate of drug-likeness (QED) is 0.588. The molecule has 1 rings (SSSR count). The van der Waals surface area contributed by atoms with Crippen molar-refractivity contribution >= 4 is 12.2 Å². The number of amides is 1. The molecule has 0 bridgehead atoms. The van der Waals surface area contributed by atoms with Crippen LogP contribution < -0.4 is 0 Å². The molecule has 0 radical (unpaired) electrons. The average molecular weight is 297 g/mol. The smallest absolute Gasteiger partial charge is 0.410 e. The molecule has 0 atom stereocenters. The normalized spacial score (nSPS) is 17.3. The highest BCUT2D eigenvalue weighted by molar-refractivity contribution is 5.68. The van der Waals surface area contributed by atoms with Crippen LogP contribution in [-0.4, -0.2) is 65.8 Å². The fourth-order valence-corrected chi connectivity index (χ4v) is 2.09. The summed E-state index contributed by atoms with van der Waals surface area (Å²) in [4.78, 5) is 30.1. The summed E-state index contributed by atoms with van der Waals surface area (Å²) in [6, 6.07) is 0. The van der Waals surface area contributed by atoms with Crippen LogP contribution in [-0.2, 0) is 9.53 Å². The summed E-state index contributed by atoms with van der Waals surface area (Å²) in [7, 11) is 0. The molecule has 0 aliphatic carbocycles. The summed E-state index contributed by atoms with van der Waals surface area (Å²) in [5, 5.41) is 0. The zero-order chi connectivity index (χ0) is 16.1. The van der Waals surface area contributed by atoms with Crippen LogP contribution in [0.3, 0.4) is 0 Å². The summed E-state index contributed by atoms with van der Waals surface area (Å²) in [6.45, 7) is 13.3. The van der Waals surface area contributed by atoms with Crippen molar-refractivity contribution in [1.82, 2.24) is 9.80 Å². The summed E-state index contributed by atoms with van der Waals surface area (Å²) in [5.74, 6) is 0. The van der Waals surface area contributed by atoms with Crippen molar-refractivity contribution in [3.63, 3.8) is 0 Å². The monoisotopic (exact) mass is 297 g/mol. The third-order valence-electron chi connectivity index (χ3n) is 3.41. The first kappa shape index (κ1) is 17.7. The molecule has 0 saturated carbocycles. The number of carbonyl (C=O) groups excluding carboxylic acids is 2. The Morgan fingerprint density at radius 1 is 1.14 bits per heavy atom. The Balaban J connectivity index is 2.36. The highest BCUT2D eigenvalue weighted by atomic mass is 16.6. The van der Waals surface area contributed by atoms with Gasteiger partial charge in [-0.05, 0) is 41.0 Å². The number of ether oxygens (including phenoxy) is 1. The van der Waals surface area contributed by atoms with E-state index >= 15 is 0 Å². The lowest BCUT2D eigenvalue weighted by atomic mass is 10.0. The molecule has 6 heteroatoms. The van der Waals surface area contributed by atoms with Crippen molar-refractivity contribution in [3.8, 4) is 0 Å². The molecule has 1 heterocycles. The van der Waals surface area contributed by atoms with Gasteiger partial charge in [0, 0.05) is 32.7 Å². The molecule has 120 valence electrons. The van der Waals surface area contributed by atoms with Gasteiger partial charge >= 0.3 is 6.09 Å². The average Bonchev–Trinajstić information content (AvgIpc) is 2.35. The van der Waals surface area contributed by atoms with Gasteiger partial charge < -0.3 is 9.64 Å². The first-order chi connectivity index (χ1) is 9.63. The van der Waals surface area contributed by atoms with Gasteiger partial charge in [0.15, 0.2) is 0 Å². The number of carbonyl (C=O) groups is 1. The Kier molecular flexibility index (Phi) is 5.93. The van der Waals surface area contributed by atoms with E-state index in [9.17, 15) is 9.59 Å². The van der Waals surface area contributed by atoms with Crippen LogP contribution in [0, 0.1) is 0 Å². The van der Waals surface area contributed by atoms with Crippen molar-refractivity contribution in [2.24, 2.45) is 4.99 Å². The molecule has 0 N–H and O–H groups in total. The molecular weight excluding hydrogens is 270 g/mol. The molecular formula is C15H27N3O3. The second-order valence-electron chi connectivity index (χ2n) is 7.07. The van der Waals surface area contributed by atoms with Crippen LogP contribution in [0.25, 0.3) is 0 Å². The maximum atomic E-state index is 11.9. The van der Waals surface area contributed by atoms with E-state index in [1.807, 2.05) is 34.6 Å². The van der Waals surface area contributed by atoms with Gasteiger partial charge in [0.1, 0.15) is 5.60 Å². The third kappa shape index (κ3) is 6.74. The van der Waals surface area contributed by atoms with E-state index in [0.717, 1.165) is 26.1 Å². The number of aliphatic imine (C=N–C) groups is 1. The van der Waals surface area contributed by atoms with Gasteiger partial charge in [-0.3, -0.25) is 4.90 Å². The van der Waals surface area contributed by atoms with Gasteiger partial charge in [-0.2, -0.15) is 4.99 Å². The Bertz CT molecular complexity index is 401. The molecule has 0 aromatic carbocycles. The molecule has 6 nitrogen and oxygen atoms in total. The second kappa shape index (κ2) is 7.05. The van der Waals surface area contributed by atoms with Crippen molar-refractivity contribution in [2.45, 2.75) is 52.2 Å². The van der Waals surface area contributed by atoms with Gasteiger partial charge in [0.05, 0.1) is 5.54 Å². The SMILES string of the molecule is CC(C)(CCN1CCN(C(=O)OC(C)(C)C)CC1)N=C=O. The standard InChI is InChI=1S/C15H27N3O3/c1-14(2,3)21-13(20)18-10-8-17(9-11-18)7-6-15(4,5)16-12-19/h6-11H2,1-5H3. The maximum Gasteiger partial charge on any atom is 0.410 e. The van der Waals surface area contributed by atoms with Gasteiger partial charge in [-0.25, -0.2) is 9.59 Å². The lowest BCUT2D eigenvalue weighted by molar-refractivity contribution is 0.0141. The van der Waals surface area contributed by atoms with E-state index < -0.39 is 5.60 Å².